The van der Waals surface area contributed by atoms with Crippen LogP contribution in [0.15, 0.2) is 53.7 Å². The van der Waals surface area contributed by atoms with Gasteiger partial charge in [-0.1, -0.05) is 0 Å². The molecule has 8 nitrogen and oxygen atoms in total. The Labute approximate surface area is 150 Å². The highest BCUT2D eigenvalue weighted by Crippen LogP contribution is 2.27. The predicted molar refractivity (Wildman–Crippen MR) is 92.2 cm³/mol. The number of aliphatic hydroxyl groups excluding tert-OH is 1. The number of hydrogen-bond donors (Lipinski definition) is 2. The molecule has 3 aromatic heterocycles. The van der Waals surface area contributed by atoms with E-state index in [-0.39, 0.29) is 17.9 Å². The van der Waals surface area contributed by atoms with Gasteiger partial charge < -0.3 is 14.8 Å². The number of aromatic nitrogens is 4. The Balaban J connectivity index is 1.33. The van der Waals surface area contributed by atoms with E-state index < -0.39 is 6.10 Å². The first kappa shape index (κ1) is 16.6. The number of nitrogens with zero attached hydrogens (tertiary/aromatic N) is 4. The molecular formula is C18H21N5O3. The normalized spacial score (nSPS) is 22.6. The third kappa shape index (κ3) is 3.70. The van der Waals surface area contributed by atoms with Crippen LogP contribution in [0.5, 0.6) is 0 Å². The molecule has 0 aliphatic heterocycles. The molecule has 3 heterocycles. The van der Waals surface area contributed by atoms with Gasteiger partial charge in [0.05, 0.1) is 24.3 Å². The summed E-state index contributed by atoms with van der Waals surface area (Å²) in [6.45, 7) is 1.22. The Morgan fingerprint density at radius 3 is 2.73 bits per heavy atom. The quantitative estimate of drug-likeness (QED) is 0.694. The Bertz CT molecular complexity index is 840. The monoisotopic (exact) mass is 355 g/mol. The largest absolute Gasteiger partial charge is 0.467 e. The van der Waals surface area contributed by atoms with Gasteiger partial charge in [0, 0.05) is 31.3 Å². The number of carbonyl (C=O) groups is 1. The fourth-order valence-electron chi connectivity index (χ4n) is 3.48. The van der Waals surface area contributed by atoms with Crippen molar-refractivity contribution in [2.75, 3.05) is 0 Å². The average molecular weight is 355 g/mol. The Morgan fingerprint density at radius 2 is 2.00 bits per heavy atom. The molecule has 0 spiro atoms. The van der Waals surface area contributed by atoms with Crippen LogP contribution >= 0.6 is 0 Å². The van der Waals surface area contributed by atoms with E-state index in [1.165, 1.54) is 6.26 Å². The van der Waals surface area contributed by atoms with Crippen LogP contribution in [0.2, 0.25) is 0 Å². The molecule has 3 aromatic rings. The van der Waals surface area contributed by atoms with E-state index in [2.05, 4.69) is 15.5 Å². The average Bonchev–Trinajstić information content (AvgIpc) is 3.39. The lowest BCUT2D eigenvalue weighted by molar-refractivity contribution is 0.0872. The Morgan fingerprint density at radius 1 is 1.23 bits per heavy atom. The van der Waals surface area contributed by atoms with Crippen LogP contribution in [-0.4, -0.2) is 42.7 Å². The van der Waals surface area contributed by atoms with Gasteiger partial charge in [-0.05, 0) is 37.0 Å². The summed E-state index contributed by atoms with van der Waals surface area (Å²) < 4.78 is 9.03. The fourth-order valence-corrected chi connectivity index (χ4v) is 3.48. The van der Waals surface area contributed by atoms with Crippen LogP contribution in [0.3, 0.4) is 0 Å². The number of aliphatic hydroxyl groups is 1. The van der Waals surface area contributed by atoms with Crippen molar-refractivity contribution in [2.45, 2.75) is 38.1 Å². The van der Waals surface area contributed by atoms with Gasteiger partial charge in [-0.3, -0.25) is 14.2 Å². The minimum Gasteiger partial charge on any atom is -0.467 e. The molecule has 1 amide bonds. The van der Waals surface area contributed by atoms with Crippen molar-refractivity contribution in [2.24, 2.45) is 5.92 Å². The number of furan rings is 1. The molecule has 26 heavy (non-hydrogen) atoms. The van der Waals surface area contributed by atoms with Gasteiger partial charge in [-0.2, -0.15) is 10.2 Å². The van der Waals surface area contributed by atoms with Crippen molar-refractivity contribution in [3.8, 4) is 0 Å². The van der Waals surface area contributed by atoms with Gasteiger partial charge in [0.15, 0.2) is 0 Å². The third-order valence-corrected chi connectivity index (χ3v) is 4.74. The van der Waals surface area contributed by atoms with Crippen molar-refractivity contribution in [3.63, 3.8) is 0 Å². The van der Waals surface area contributed by atoms with Gasteiger partial charge in [0.2, 0.25) is 0 Å². The topological polar surface area (TPSA) is 98.1 Å². The van der Waals surface area contributed by atoms with E-state index in [0.29, 0.717) is 24.3 Å². The summed E-state index contributed by atoms with van der Waals surface area (Å²) in [5.41, 5.74) is 0.454. The maximum absolute atomic E-state index is 12.5. The van der Waals surface area contributed by atoms with Crippen molar-refractivity contribution >= 4 is 5.91 Å². The highest BCUT2D eigenvalue weighted by Gasteiger charge is 2.34. The molecule has 1 aliphatic rings. The molecule has 8 heteroatoms. The van der Waals surface area contributed by atoms with E-state index in [4.69, 9.17) is 4.42 Å². The van der Waals surface area contributed by atoms with Crippen LogP contribution in [-0.2, 0) is 13.1 Å². The molecule has 136 valence electrons. The van der Waals surface area contributed by atoms with E-state index in [9.17, 15) is 9.90 Å². The molecule has 4 rings (SSSR count). The number of nitrogens with one attached hydrogen (secondary N) is 1. The van der Waals surface area contributed by atoms with Gasteiger partial charge in [-0.15, -0.1) is 0 Å². The molecular weight excluding hydrogens is 334 g/mol. The van der Waals surface area contributed by atoms with Crippen molar-refractivity contribution < 1.29 is 14.3 Å². The first-order valence-electron chi connectivity index (χ1n) is 8.68. The smallest absolute Gasteiger partial charge is 0.254 e. The summed E-state index contributed by atoms with van der Waals surface area (Å²) in [7, 11) is 0. The number of carbonyl (C=O) groups excluding carboxylic acids is 1. The van der Waals surface area contributed by atoms with Crippen molar-refractivity contribution in [3.05, 3.63) is 60.6 Å². The lowest BCUT2D eigenvalue weighted by Gasteiger charge is -2.15. The van der Waals surface area contributed by atoms with Crippen molar-refractivity contribution in [1.29, 1.82) is 0 Å². The fraction of sp³-hybridized carbons (Fsp3) is 0.389. The maximum atomic E-state index is 12.5. The minimum atomic E-state index is -0.546. The van der Waals surface area contributed by atoms with Crippen LogP contribution in [0.25, 0.3) is 0 Å². The number of hydrogen-bond acceptors (Lipinski definition) is 5. The van der Waals surface area contributed by atoms with Crippen LogP contribution in [0, 0.1) is 5.92 Å². The van der Waals surface area contributed by atoms with Gasteiger partial charge >= 0.3 is 0 Å². The summed E-state index contributed by atoms with van der Waals surface area (Å²) in [4.78, 5) is 12.5. The highest BCUT2D eigenvalue weighted by molar-refractivity contribution is 5.94. The summed E-state index contributed by atoms with van der Waals surface area (Å²) >= 11 is 0. The van der Waals surface area contributed by atoms with Crippen LogP contribution < -0.4 is 5.32 Å². The second-order valence-corrected chi connectivity index (χ2v) is 6.72. The standard InChI is InChI=1S/C18H21N5O3/c24-17-8-13(10-22-5-1-3-19-22)7-16(17)21-18(25)14-9-15(26-12-14)11-23-6-2-4-20-23/h1-6,9,12-13,16-17,24H,7-8,10-11H2,(H,21,25)/t13?,16-,17-/m1/s1. The van der Waals surface area contributed by atoms with E-state index in [0.717, 1.165) is 13.0 Å². The summed E-state index contributed by atoms with van der Waals surface area (Å²) in [5.74, 6) is 0.710. The molecule has 3 atom stereocenters. The van der Waals surface area contributed by atoms with Crippen LogP contribution in [0.4, 0.5) is 0 Å². The minimum absolute atomic E-state index is 0.232. The lowest BCUT2D eigenvalue weighted by Crippen LogP contribution is -2.39. The maximum Gasteiger partial charge on any atom is 0.254 e. The Kier molecular flexibility index (Phi) is 4.57. The Hall–Kier alpha value is -2.87. The van der Waals surface area contributed by atoms with Gasteiger partial charge in [0.1, 0.15) is 12.0 Å². The molecule has 0 saturated heterocycles. The molecule has 1 unspecified atom stereocenters. The van der Waals surface area contributed by atoms with Crippen molar-refractivity contribution in [1.82, 2.24) is 24.9 Å². The molecule has 0 radical (unpaired) electrons. The zero-order valence-electron chi connectivity index (χ0n) is 14.2. The number of rotatable bonds is 6. The molecule has 0 bridgehead atoms. The molecule has 0 aromatic carbocycles. The zero-order chi connectivity index (χ0) is 17.9. The molecule has 1 fully saturated rings. The first-order valence-corrected chi connectivity index (χ1v) is 8.68. The van der Waals surface area contributed by atoms with E-state index >= 15 is 0 Å². The second kappa shape index (κ2) is 7.17. The SMILES string of the molecule is O=C(N[C@@H]1CC(Cn2cccn2)C[C@H]1O)c1coc(Cn2cccn2)c1. The summed E-state index contributed by atoms with van der Waals surface area (Å²) in [6.07, 6.45) is 9.45. The van der Waals surface area contributed by atoms with Gasteiger partial charge in [-0.25, -0.2) is 0 Å². The zero-order valence-corrected chi connectivity index (χ0v) is 14.2. The molecule has 1 aliphatic carbocycles. The van der Waals surface area contributed by atoms with Crippen LogP contribution in [0.1, 0.15) is 29.0 Å². The molecule has 2 N–H and O–H groups in total. The second-order valence-electron chi connectivity index (χ2n) is 6.72. The van der Waals surface area contributed by atoms with E-state index in [1.807, 2.05) is 29.2 Å². The summed E-state index contributed by atoms with van der Waals surface area (Å²) in [5, 5.41) is 21.5. The first-order chi connectivity index (χ1) is 12.7. The predicted octanol–water partition coefficient (Wildman–Crippen LogP) is 1.29. The van der Waals surface area contributed by atoms with E-state index in [1.54, 1.807) is 23.1 Å². The summed E-state index contributed by atoms with van der Waals surface area (Å²) in [6, 6.07) is 5.16. The lowest BCUT2D eigenvalue weighted by atomic mass is 10.1. The number of amides is 1. The highest BCUT2D eigenvalue weighted by atomic mass is 16.3. The molecule has 1 saturated carbocycles. The third-order valence-electron chi connectivity index (χ3n) is 4.74. The van der Waals surface area contributed by atoms with Gasteiger partial charge in [0.25, 0.3) is 5.91 Å².